The van der Waals surface area contributed by atoms with E-state index in [1.807, 2.05) is 6.07 Å². The van der Waals surface area contributed by atoms with Gasteiger partial charge in [0.2, 0.25) is 0 Å². The molecule has 23 heavy (non-hydrogen) atoms. The van der Waals surface area contributed by atoms with Gasteiger partial charge in [-0.3, -0.25) is 4.90 Å². The van der Waals surface area contributed by atoms with Gasteiger partial charge in [0, 0.05) is 25.2 Å². The third-order valence-electron chi connectivity index (χ3n) is 4.34. The van der Waals surface area contributed by atoms with Crippen LogP contribution in [0.4, 0.5) is 0 Å². The molecule has 0 saturated carbocycles. The lowest BCUT2D eigenvalue weighted by molar-refractivity contribution is 0.156. The molecule has 3 rings (SSSR count). The number of para-hydroxylation sites is 1. The van der Waals surface area contributed by atoms with E-state index in [4.69, 9.17) is 4.74 Å². The molecule has 0 amide bonds. The summed E-state index contributed by atoms with van der Waals surface area (Å²) in [6.07, 6.45) is 4.46. The maximum atomic E-state index is 6.06. The molecule has 0 bridgehead atoms. The van der Waals surface area contributed by atoms with Crippen LogP contribution < -0.4 is 4.74 Å². The highest BCUT2D eigenvalue weighted by Gasteiger charge is 2.20. The van der Waals surface area contributed by atoms with Gasteiger partial charge in [0.25, 0.3) is 0 Å². The van der Waals surface area contributed by atoms with Crippen LogP contribution in [0.1, 0.15) is 36.1 Å². The average Bonchev–Trinajstić information content (AvgIpc) is 2.68. The van der Waals surface area contributed by atoms with Crippen molar-refractivity contribution in [2.24, 2.45) is 0 Å². The van der Waals surface area contributed by atoms with Crippen molar-refractivity contribution in [3.05, 3.63) is 70.8 Å². The first kappa shape index (κ1) is 15.8. The maximum absolute atomic E-state index is 6.06. The Morgan fingerprint density at radius 2 is 2.04 bits per heavy atom. The summed E-state index contributed by atoms with van der Waals surface area (Å²) in [6, 6.07) is 15.1. The summed E-state index contributed by atoms with van der Waals surface area (Å²) in [5.41, 5.74) is 5.29. The molecule has 0 radical (unpaired) electrons. The first-order valence-electron chi connectivity index (χ1n) is 8.35. The van der Waals surface area contributed by atoms with E-state index in [0.29, 0.717) is 0 Å². The van der Waals surface area contributed by atoms with Gasteiger partial charge in [-0.15, -0.1) is 0 Å². The Morgan fingerprint density at radius 3 is 2.87 bits per heavy atom. The molecule has 2 aromatic carbocycles. The Morgan fingerprint density at radius 1 is 1.22 bits per heavy atom. The molecule has 2 nitrogen and oxygen atoms in total. The van der Waals surface area contributed by atoms with Gasteiger partial charge in [-0.2, -0.15) is 0 Å². The van der Waals surface area contributed by atoms with Gasteiger partial charge < -0.3 is 4.74 Å². The standard InChI is InChI=1S/C21H25NO/c1-4-7-18-11-10-16(2)20(12-18)15-22-13-17(3)23-21-9-6-5-8-19(21)14-22/h4-12,17H,13-15H2,1-3H3/b7-4+/t17-/m1/s1. The number of benzene rings is 2. The predicted octanol–water partition coefficient (Wildman–Crippen LogP) is 4.81. The average molecular weight is 307 g/mol. The monoisotopic (exact) mass is 307 g/mol. The van der Waals surface area contributed by atoms with E-state index in [0.717, 1.165) is 25.4 Å². The van der Waals surface area contributed by atoms with Crippen molar-refractivity contribution in [1.82, 2.24) is 4.90 Å². The molecule has 0 aromatic heterocycles. The highest BCUT2D eigenvalue weighted by Crippen LogP contribution is 2.26. The van der Waals surface area contributed by atoms with E-state index in [1.165, 1.54) is 22.3 Å². The summed E-state index contributed by atoms with van der Waals surface area (Å²) >= 11 is 0. The molecule has 1 atom stereocenters. The van der Waals surface area contributed by atoms with E-state index < -0.39 is 0 Å². The van der Waals surface area contributed by atoms with Crippen LogP contribution in [0.5, 0.6) is 5.75 Å². The summed E-state index contributed by atoms with van der Waals surface area (Å²) in [4.78, 5) is 2.48. The quantitative estimate of drug-likeness (QED) is 0.806. The summed E-state index contributed by atoms with van der Waals surface area (Å²) < 4.78 is 6.06. The van der Waals surface area contributed by atoms with Crippen molar-refractivity contribution in [1.29, 1.82) is 0 Å². The first-order valence-corrected chi connectivity index (χ1v) is 8.35. The van der Waals surface area contributed by atoms with Crippen LogP contribution in [-0.2, 0) is 13.1 Å². The molecular weight excluding hydrogens is 282 g/mol. The van der Waals surface area contributed by atoms with Gasteiger partial charge in [-0.25, -0.2) is 0 Å². The van der Waals surface area contributed by atoms with Gasteiger partial charge in [-0.1, -0.05) is 48.6 Å². The Bertz CT molecular complexity index is 705. The van der Waals surface area contributed by atoms with Crippen LogP contribution in [0.2, 0.25) is 0 Å². The van der Waals surface area contributed by atoms with Gasteiger partial charge in [-0.05, 0) is 43.5 Å². The van der Waals surface area contributed by atoms with Crippen molar-refractivity contribution >= 4 is 6.08 Å². The van der Waals surface area contributed by atoms with Crippen LogP contribution in [0, 0.1) is 6.92 Å². The largest absolute Gasteiger partial charge is 0.489 e. The molecule has 0 aliphatic carbocycles. The van der Waals surface area contributed by atoms with Crippen LogP contribution in [0.25, 0.3) is 6.08 Å². The normalized spacial score (nSPS) is 18.5. The Labute approximate surface area is 139 Å². The van der Waals surface area contributed by atoms with Crippen molar-refractivity contribution in [3.63, 3.8) is 0 Å². The first-order chi connectivity index (χ1) is 11.2. The molecule has 2 aromatic rings. The Balaban J connectivity index is 1.84. The number of fused-ring (bicyclic) bond motifs is 1. The van der Waals surface area contributed by atoms with Gasteiger partial charge >= 0.3 is 0 Å². The third-order valence-corrected chi connectivity index (χ3v) is 4.34. The number of rotatable bonds is 3. The predicted molar refractivity (Wildman–Crippen MR) is 96.5 cm³/mol. The molecule has 0 spiro atoms. The lowest BCUT2D eigenvalue weighted by atomic mass is 10.0. The maximum Gasteiger partial charge on any atom is 0.124 e. The SMILES string of the molecule is C/C=C/c1ccc(C)c(CN2Cc3ccccc3O[C@H](C)C2)c1. The van der Waals surface area contributed by atoms with Crippen molar-refractivity contribution in [2.45, 2.75) is 40.0 Å². The lowest BCUT2D eigenvalue weighted by Gasteiger charge is -2.23. The minimum absolute atomic E-state index is 0.206. The van der Waals surface area contributed by atoms with E-state index >= 15 is 0 Å². The van der Waals surface area contributed by atoms with Crippen LogP contribution in [0.15, 0.2) is 48.5 Å². The molecule has 120 valence electrons. The molecule has 1 aliphatic heterocycles. The van der Waals surface area contributed by atoms with Crippen molar-refractivity contribution in [2.75, 3.05) is 6.54 Å². The van der Waals surface area contributed by atoms with E-state index in [-0.39, 0.29) is 6.10 Å². The minimum atomic E-state index is 0.206. The molecule has 1 aliphatic rings. The lowest BCUT2D eigenvalue weighted by Crippen LogP contribution is -2.30. The number of nitrogens with zero attached hydrogens (tertiary/aromatic N) is 1. The third kappa shape index (κ3) is 3.83. The molecule has 2 heteroatoms. The van der Waals surface area contributed by atoms with Crippen LogP contribution in [-0.4, -0.2) is 17.5 Å². The van der Waals surface area contributed by atoms with Gasteiger partial charge in [0.15, 0.2) is 0 Å². The zero-order chi connectivity index (χ0) is 16.2. The van der Waals surface area contributed by atoms with E-state index in [1.54, 1.807) is 0 Å². The second-order valence-electron chi connectivity index (χ2n) is 6.39. The molecule has 1 heterocycles. The second kappa shape index (κ2) is 7.01. The number of hydrogen-bond acceptors (Lipinski definition) is 2. The minimum Gasteiger partial charge on any atom is -0.489 e. The second-order valence-corrected chi connectivity index (χ2v) is 6.39. The zero-order valence-electron chi connectivity index (χ0n) is 14.3. The van der Waals surface area contributed by atoms with Gasteiger partial charge in [0.1, 0.15) is 11.9 Å². The van der Waals surface area contributed by atoms with Gasteiger partial charge in [0.05, 0.1) is 0 Å². The zero-order valence-corrected chi connectivity index (χ0v) is 14.3. The molecule has 0 saturated heterocycles. The molecule has 0 fully saturated rings. The van der Waals surface area contributed by atoms with Crippen molar-refractivity contribution in [3.8, 4) is 5.75 Å². The highest BCUT2D eigenvalue weighted by molar-refractivity contribution is 5.51. The van der Waals surface area contributed by atoms with E-state index in [2.05, 4.69) is 74.2 Å². The number of allylic oxidation sites excluding steroid dienone is 1. The Hall–Kier alpha value is -2.06. The summed E-state index contributed by atoms with van der Waals surface area (Å²) in [7, 11) is 0. The molecule has 0 N–H and O–H groups in total. The van der Waals surface area contributed by atoms with E-state index in [9.17, 15) is 0 Å². The number of hydrogen-bond donors (Lipinski definition) is 0. The fraction of sp³-hybridized carbons (Fsp3) is 0.333. The Kier molecular flexibility index (Phi) is 4.82. The summed E-state index contributed by atoms with van der Waals surface area (Å²) in [5.74, 6) is 1.03. The van der Waals surface area contributed by atoms with Crippen molar-refractivity contribution < 1.29 is 4.74 Å². The number of aryl methyl sites for hydroxylation is 1. The molecular formula is C21H25NO. The molecule has 0 unspecified atom stereocenters. The topological polar surface area (TPSA) is 12.5 Å². The summed E-state index contributed by atoms with van der Waals surface area (Å²) in [6.45, 7) is 9.25. The summed E-state index contributed by atoms with van der Waals surface area (Å²) in [5, 5.41) is 0. The fourth-order valence-electron chi connectivity index (χ4n) is 3.19. The highest BCUT2D eigenvalue weighted by atomic mass is 16.5. The smallest absolute Gasteiger partial charge is 0.124 e. The fourth-order valence-corrected chi connectivity index (χ4v) is 3.19. The number of ether oxygens (including phenoxy) is 1. The van der Waals surface area contributed by atoms with Crippen LogP contribution in [0.3, 0.4) is 0 Å². The van der Waals surface area contributed by atoms with Crippen LogP contribution >= 0.6 is 0 Å².